The Labute approximate surface area is 133 Å². The number of nitrogens with one attached hydrogen (secondary N) is 2. The summed E-state index contributed by atoms with van der Waals surface area (Å²) in [6, 6.07) is 7.63. The first-order valence-corrected chi connectivity index (χ1v) is 7.99. The lowest BCUT2D eigenvalue weighted by atomic mass is 10.1. The summed E-state index contributed by atoms with van der Waals surface area (Å²) in [6.45, 7) is 4.69. The molecule has 1 unspecified atom stereocenters. The number of halogens is 1. The molecule has 1 aromatic heterocycles. The van der Waals surface area contributed by atoms with Gasteiger partial charge in [-0.25, -0.2) is 0 Å². The van der Waals surface area contributed by atoms with E-state index in [0.29, 0.717) is 0 Å². The molecule has 2 N–H and O–H groups in total. The van der Waals surface area contributed by atoms with Crippen LogP contribution in [0.3, 0.4) is 0 Å². The second-order valence-corrected chi connectivity index (χ2v) is 5.96. The van der Waals surface area contributed by atoms with Crippen LogP contribution in [0.5, 0.6) is 0 Å². The van der Waals surface area contributed by atoms with Crippen molar-refractivity contribution in [2.45, 2.75) is 32.7 Å². The van der Waals surface area contributed by atoms with E-state index in [1.165, 1.54) is 0 Å². The fraction of sp³-hybridized carbons (Fsp3) is 0.375. The van der Waals surface area contributed by atoms with Crippen LogP contribution in [0.2, 0.25) is 0 Å². The predicted molar refractivity (Wildman–Crippen MR) is 90.4 cm³/mol. The van der Waals surface area contributed by atoms with Gasteiger partial charge >= 0.3 is 0 Å². The summed E-state index contributed by atoms with van der Waals surface area (Å²) < 4.78 is 0.942. The Morgan fingerprint density at radius 3 is 3.00 bits per heavy atom. The van der Waals surface area contributed by atoms with Crippen LogP contribution in [0.25, 0.3) is 10.9 Å². The van der Waals surface area contributed by atoms with Crippen molar-refractivity contribution in [2.24, 2.45) is 0 Å². The molecule has 0 saturated heterocycles. The van der Waals surface area contributed by atoms with E-state index in [2.05, 4.69) is 38.5 Å². The first kappa shape index (κ1) is 15.8. The number of unbranched alkanes of at least 4 members (excludes halogenated alkanes) is 1. The molecule has 1 aromatic carbocycles. The number of carbonyl (C=O) groups excluding carboxylic acids is 1. The molecule has 0 radical (unpaired) electrons. The van der Waals surface area contributed by atoms with E-state index in [-0.39, 0.29) is 11.9 Å². The number of hydrogen-bond acceptors (Lipinski definition) is 3. The van der Waals surface area contributed by atoms with Crippen molar-refractivity contribution in [1.82, 2.24) is 10.3 Å². The average Bonchev–Trinajstić information content (AvgIpc) is 2.47. The lowest BCUT2D eigenvalue weighted by Gasteiger charge is -2.16. The molecular weight excluding hydrogens is 330 g/mol. The van der Waals surface area contributed by atoms with Gasteiger partial charge in [0.1, 0.15) is 6.04 Å². The molecule has 4 nitrogen and oxygen atoms in total. The first-order chi connectivity index (χ1) is 10.1. The van der Waals surface area contributed by atoms with Crippen molar-refractivity contribution in [3.8, 4) is 0 Å². The van der Waals surface area contributed by atoms with Crippen LogP contribution in [-0.4, -0.2) is 23.5 Å². The maximum absolute atomic E-state index is 12.0. The highest BCUT2D eigenvalue weighted by Crippen LogP contribution is 2.24. The molecule has 0 bridgehead atoms. The Bertz CT molecular complexity index is 630. The number of rotatable bonds is 6. The van der Waals surface area contributed by atoms with Crippen molar-refractivity contribution >= 4 is 38.4 Å². The second-order valence-electron chi connectivity index (χ2n) is 5.04. The molecule has 1 atom stereocenters. The van der Waals surface area contributed by atoms with Gasteiger partial charge in [-0.1, -0.05) is 25.5 Å². The second kappa shape index (κ2) is 7.41. The minimum atomic E-state index is -0.294. The summed E-state index contributed by atoms with van der Waals surface area (Å²) in [5.41, 5.74) is 1.74. The normalized spacial score (nSPS) is 12.1. The molecule has 0 spiro atoms. The van der Waals surface area contributed by atoms with Crippen LogP contribution in [-0.2, 0) is 4.79 Å². The molecule has 2 aromatic rings. The van der Waals surface area contributed by atoms with Gasteiger partial charge in [0.05, 0.1) is 11.2 Å². The van der Waals surface area contributed by atoms with E-state index in [1.54, 1.807) is 6.20 Å². The summed E-state index contributed by atoms with van der Waals surface area (Å²) >= 11 is 3.42. The Kier molecular flexibility index (Phi) is 5.56. The highest BCUT2D eigenvalue weighted by atomic mass is 79.9. The molecule has 1 amide bonds. The zero-order valence-electron chi connectivity index (χ0n) is 12.3. The average molecular weight is 350 g/mol. The number of amides is 1. The van der Waals surface area contributed by atoms with Gasteiger partial charge < -0.3 is 10.6 Å². The van der Waals surface area contributed by atoms with Gasteiger partial charge in [-0.3, -0.25) is 9.78 Å². The molecular formula is C16H20BrN3O. The molecule has 0 saturated carbocycles. The molecule has 0 fully saturated rings. The van der Waals surface area contributed by atoms with E-state index >= 15 is 0 Å². The van der Waals surface area contributed by atoms with Gasteiger partial charge in [0.25, 0.3) is 0 Å². The summed E-state index contributed by atoms with van der Waals surface area (Å²) in [5.74, 6) is 0.0116. The van der Waals surface area contributed by atoms with E-state index in [9.17, 15) is 4.79 Å². The van der Waals surface area contributed by atoms with Crippen LogP contribution in [0.4, 0.5) is 5.69 Å². The molecule has 21 heavy (non-hydrogen) atoms. The summed E-state index contributed by atoms with van der Waals surface area (Å²) in [7, 11) is 0. The minimum Gasteiger partial charge on any atom is -0.372 e. The number of anilines is 1. The number of benzene rings is 1. The minimum absolute atomic E-state index is 0.0116. The molecule has 1 heterocycles. The maximum Gasteiger partial charge on any atom is 0.242 e. The zero-order chi connectivity index (χ0) is 15.2. The van der Waals surface area contributed by atoms with E-state index in [4.69, 9.17) is 0 Å². The van der Waals surface area contributed by atoms with Gasteiger partial charge in [0.2, 0.25) is 5.91 Å². The molecule has 112 valence electrons. The van der Waals surface area contributed by atoms with E-state index in [0.717, 1.165) is 40.4 Å². The molecule has 0 aliphatic heterocycles. The molecule has 0 aliphatic carbocycles. The Morgan fingerprint density at radius 2 is 2.24 bits per heavy atom. The standard InChI is InChI=1S/C16H20BrN3O/c1-3-4-8-18-16(21)11(2)20-14-7-5-6-12-9-13(17)10-19-15(12)14/h5-7,9-11,20H,3-4,8H2,1-2H3,(H,18,21). The van der Waals surface area contributed by atoms with Crippen molar-refractivity contribution in [3.05, 3.63) is 34.9 Å². The lowest BCUT2D eigenvalue weighted by Crippen LogP contribution is -2.38. The highest BCUT2D eigenvalue weighted by Gasteiger charge is 2.13. The number of aromatic nitrogens is 1. The fourth-order valence-electron chi connectivity index (χ4n) is 2.09. The third-order valence-corrected chi connectivity index (χ3v) is 3.71. The van der Waals surface area contributed by atoms with Crippen LogP contribution in [0.1, 0.15) is 26.7 Å². The Hall–Kier alpha value is -1.62. The van der Waals surface area contributed by atoms with Crippen molar-refractivity contribution < 1.29 is 4.79 Å². The number of fused-ring (bicyclic) bond motifs is 1. The third-order valence-electron chi connectivity index (χ3n) is 3.27. The Morgan fingerprint density at radius 1 is 1.43 bits per heavy atom. The predicted octanol–water partition coefficient (Wildman–Crippen LogP) is 3.71. The first-order valence-electron chi connectivity index (χ1n) is 7.20. The van der Waals surface area contributed by atoms with Crippen molar-refractivity contribution in [2.75, 3.05) is 11.9 Å². The number of nitrogens with zero attached hydrogens (tertiary/aromatic N) is 1. The van der Waals surface area contributed by atoms with Crippen LogP contribution in [0, 0.1) is 0 Å². The van der Waals surface area contributed by atoms with Gasteiger partial charge in [0.15, 0.2) is 0 Å². The fourth-order valence-corrected chi connectivity index (χ4v) is 2.44. The largest absolute Gasteiger partial charge is 0.372 e. The molecule has 2 rings (SSSR count). The highest BCUT2D eigenvalue weighted by molar-refractivity contribution is 9.10. The topological polar surface area (TPSA) is 54.0 Å². The number of hydrogen-bond donors (Lipinski definition) is 2. The number of carbonyl (C=O) groups is 1. The SMILES string of the molecule is CCCCNC(=O)C(C)Nc1cccc2cc(Br)cnc12. The maximum atomic E-state index is 12.0. The van der Waals surface area contributed by atoms with Gasteiger partial charge in [-0.05, 0) is 41.4 Å². The molecule has 0 aliphatic rings. The van der Waals surface area contributed by atoms with Crippen molar-refractivity contribution in [3.63, 3.8) is 0 Å². The van der Waals surface area contributed by atoms with Crippen LogP contribution >= 0.6 is 15.9 Å². The lowest BCUT2D eigenvalue weighted by molar-refractivity contribution is -0.121. The van der Waals surface area contributed by atoms with E-state index < -0.39 is 0 Å². The summed E-state index contributed by atoms with van der Waals surface area (Å²) in [4.78, 5) is 16.4. The summed E-state index contributed by atoms with van der Waals surface area (Å²) in [5, 5.41) is 7.21. The van der Waals surface area contributed by atoms with Gasteiger partial charge in [-0.15, -0.1) is 0 Å². The monoisotopic (exact) mass is 349 g/mol. The van der Waals surface area contributed by atoms with Crippen LogP contribution < -0.4 is 10.6 Å². The number of pyridine rings is 1. The van der Waals surface area contributed by atoms with E-state index in [1.807, 2.05) is 31.2 Å². The van der Waals surface area contributed by atoms with Crippen LogP contribution in [0.15, 0.2) is 34.9 Å². The quantitative estimate of drug-likeness (QED) is 0.781. The zero-order valence-corrected chi connectivity index (χ0v) is 13.9. The summed E-state index contributed by atoms with van der Waals surface area (Å²) in [6.07, 6.45) is 3.84. The van der Waals surface area contributed by atoms with Gasteiger partial charge in [-0.2, -0.15) is 0 Å². The van der Waals surface area contributed by atoms with Crippen molar-refractivity contribution in [1.29, 1.82) is 0 Å². The molecule has 5 heteroatoms. The number of para-hydroxylation sites is 1. The third kappa shape index (κ3) is 4.17. The Balaban J connectivity index is 2.10. The van der Waals surface area contributed by atoms with Gasteiger partial charge in [0, 0.05) is 22.6 Å². The smallest absolute Gasteiger partial charge is 0.242 e.